The van der Waals surface area contributed by atoms with Crippen LogP contribution >= 0.6 is 0 Å². The quantitative estimate of drug-likeness (QED) is 0.478. The Morgan fingerprint density at radius 3 is 2.76 bits per heavy atom. The molecule has 2 aliphatic heterocycles. The zero-order chi connectivity index (χ0) is 20.4. The van der Waals surface area contributed by atoms with E-state index < -0.39 is 5.91 Å². The summed E-state index contributed by atoms with van der Waals surface area (Å²) in [5.74, 6) is -0.0776. The third-order valence-electron chi connectivity index (χ3n) is 6.90. The summed E-state index contributed by atoms with van der Waals surface area (Å²) in [7, 11) is 0. The van der Waals surface area contributed by atoms with E-state index in [4.69, 9.17) is 5.53 Å². The number of carbonyl (C=O) groups excluding carboxylic acids is 1. The lowest BCUT2D eigenvalue weighted by Crippen LogP contribution is -2.60. The van der Waals surface area contributed by atoms with Crippen LogP contribution in [0.15, 0.2) is 59.7 Å². The molecule has 4 rings (SSSR count). The number of nitrogens with one attached hydrogen (secondary N) is 1. The molecule has 0 aliphatic carbocycles. The number of piperazine rings is 1. The van der Waals surface area contributed by atoms with E-state index >= 15 is 0 Å². The number of hydrogen-bond acceptors (Lipinski definition) is 3. The highest BCUT2D eigenvalue weighted by Crippen LogP contribution is 2.43. The molecule has 0 bridgehead atoms. The Hall–Kier alpha value is -2.66. The first-order valence-electron chi connectivity index (χ1n) is 10.2. The molecule has 150 valence electrons. The number of benzene rings is 2. The number of amides is 1. The van der Waals surface area contributed by atoms with Gasteiger partial charge < -0.3 is 5.32 Å². The number of rotatable bonds is 3. The molecule has 4 unspecified atom stereocenters. The smallest absolute Gasteiger partial charge is 0.249 e. The van der Waals surface area contributed by atoms with Crippen LogP contribution in [0.3, 0.4) is 0 Å². The van der Waals surface area contributed by atoms with E-state index in [1.807, 2.05) is 12.1 Å². The minimum Gasteiger partial charge on any atom is -0.307 e. The number of piperidine rings is 1. The Bertz CT molecular complexity index is 939. The predicted molar refractivity (Wildman–Crippen MR) is 114 cm³/mol. The highest BCUT2D eigenvalue weighted by atomic mass is 16.1. The average molecular weight is 390 g/mol. The molecule has 0 radical (unpaired) electrons. The molecule has 0 saturated carbocycles. The summed E-state index contributed by atoms with van der Waals surface area (Å²) in [4.78, 5) is 17.3. The number of carbonyl (C=O) groups is 1. The van der Waals surface area contributed by atoms with Gasteiger partial charge in [-0.2, -0.15) is 0 Å². The van der Waals surface area contributed by atoms with Crippen molar-refractivity contribution in [3.8, 4) is 0 Å². The van der Waals surface area contributed by atoms with Gasteiger partial charge in [0.2, 0.25) is 5.91 Å². The molecule has 1 N–H and O–H groups in total. The van der Waals surface area contributed by atoms with Crippen LogP contribution in [-0.2, 0) is 5.41 Å². The SMILES string of the molecule is CC1CN2CC(c3ccccc3)NCC2CC1(C)c1cccc(C(=O)N=[N+]=[N-])c1. The van der Waals surface area contributed by atoms with Crippen LogP contribution in [0, 0.1) is 5.92 Å². The van der Waals surface area contributed by atoms with Crippen molar-refractivity contribution in [1.29, 1.82) is 0 Å². The van der Waals surface area contributed by atoms with Crippen LogP contribution in [0.1, 0.15) is 47.8 Å². The van der Waals surface area contributed by atoms with Crippen molar-refractivity contribution >= 4 is 5.91 Å². The second-order valence-electron chi connectivity index (χ2n) is 8.58. The van der Waals surface area contributed by atoms with E-state index in [1.165, 1.54) is 5.56 Å². The fourth-order valence-electron chi connectivity index (χ4n) is 4.94. The van der Waals surface area contributed by atoms with Gasteiger partial charge in [-0.15, -0.1) is 0 Å². The van der Waals surface area contributed by atoms with Gasteiger partial charge in [0.1, 0.15) is 0 Å². The molecular weight excluding hydrogens is 362 g/mol. The minimum atomic E-state index is -0.520. The number of azide groups is 1. The van der Waals surface area contributed by atoms with Crippen molar-refractivity contribution in [1.82, 2.24) is 10.2 Å². The maximum atomic E-state index is 12.0. The average Bonchev–Trinajstić information content (AvgIpc) is 2.75. The van der Waals surface area contributed by atoms with Crippen molar-refractivity contribution in [3.63, 3.8) is 0 Å². The van der Waals surface area contributed by atoms with Crippen LogP contribution in [-0.4, -0.2) is 36.5 Å². The summed E-state index contributed by atoms with van der Waals surface area (Å²) < 4.78 is 0. The molecule has 6 nitrogen and oxygen atoms in total. The molecule has 2 aromatic rings. The molecule has 6 heteroatoms. The standard InChI is InChI=1S/C23H27N5O/c1-16-14-28-15-21(17-7-4-3-5-8-17)25-13-20(28)12-23(16,2)19-10-6-9-18(11-19)22(29)26-27-24/h3-11,16,20-21,25H,12-15H2,1-2H3. The lowest BCUT2D eigenvalue weighted by molar-refractivity contribution is 0.0242. The van der Waals surface area contributed by atoms with Gasteiger partial charge in [0.05, 0.1) is 0 Å². The van der Waals surface area contributed by atoms with Gasteiger partial charge in [-0.05, 0) is 45.6 Å². The maximum absolute atomic E-state index is 12.0. The lowest BCUT2D eigenvalue weighted by Gasteiger charge is -2.53. The van der Waals surface area contributed by atoms with E-state index in [2.05, 4.69) is 70.5 Å². The van der Waals surface area contributed by atoms with Gasteiger partial charge in [0, 0.05) is 42.2 Å². The molecule has 2 heterocycles. The molecule has 0 spiro atoms. The Labute approximate surface area is 171 Å². The Morgan fingerprint density at radius 1 is 1.21 bits per heavy atom. The largest absolute Gasteiger partial charge is 0.307 e. The van der Waals surface area contributed by atoms with E-state index in [0.717, 1.165) is 31.6 Å². The van der Waals surface area contributed by atoms with Crippen molar-refractivity contribution < 1.29 is 4.79 Å². The van der Waals surface area contributed by atoms with E-state index in [-0.39, 0.29) is 5.41 Å². The fraction of sp³-hybridized carbons (Fsp3) is 0.435. The second kappa shape index (κ2) is 7.99. The third kappa shape index (κ3) is 3.79. The zero-order valence-electron chi connectivity index (χ0n) is 17.0. The molecule has 2 aliphatic rings. The van der Waals surface area contributed by atoms with Crippen molar-refractivity contribution in [3.05, 3.63) is 81.7 Å². The molecule has 2 fully saturated rings. The summed E-state index contributed by atoms with van der Waals surface area (Å²) in [6.45, 7) is 7.61. The first kappa shape index (κ1) is 19.6. The first-order chi connectivity index (χ1) is 14.0. The lowest BCUT2D eigenvalue weighted by atomic mass is 9.65. The molecular formula is C23H27N5O. The monoisotopic (exact) mass is 389 g/mol. The zero-order valence-corrected chi connectivity index (χ0v) is 17.0. The summed E-state index contributed by atoms with van der Waals surface area (Å²) in [6.07, 6.45) is 1.03. The van der Waals surface area contributed by atoms with Gasteiger partial charge in [0.15, 0.2) is 0 Å². The Kier molecular flexibility index (Phi) is 5.41. The van der Waals surface area contributed by atoms with E-state index in [0.29, 0.717) is 23.6 Å². The van der Waals surface area contributed by atoms with Crippen molar-refractivity contribution in [2.45, 2.75) is 37.8 Å². The Morgan fingerprint density at radius 2 is 2.00 bits per heavy atom. The summed E-state index contributed by atoms with van der Waals surface area (Å²) >= 11 is 0. The number of hydrogen-bond donors (Lipinski definition) is 1. The molecule has 4 atom stereocenters. The highest BCUT2D eigenvalue weighted by molar-refractivity contribution is 5.95. The second-order valence-corrected chi connectivity index (χ2v) is 8.58. The fourth-order valence-corrected chi connectivity index (χ4v) is 4.94. The topological polar surface area (TPSA) is 81.1 Å². The van der Waals surface area contributed by atoms with Gasteiger partial charge in [-0.25, -0.2) is 0 Å². The van der Waals surface area contributed by atoms with E-state index in [1.54, 1.807) is 6.07 Å². The minimum absolute atomic E-state index is 0.0327. The summed E-state index contributed by atoms with van der Waals surface area (Å²) in [5, 5.41) is 6.98. The maximum Gasteiger partial charge on any atom is 0.249 e. The summed E-state index contributed by atoms with van der Waals surface area (Å²) in [6, 6.07) is 19.1. The molecule has 2 aromatic carbocycles. The molecule has 0 aromatic heterocycles. The number of fused-ring (bicyclic) bond motifs is 1. The van der Waals surface area contributed by atoms with E-state index in [9.17, 15) is 4.79 Å². The number of nitrogens with zero attached hydrogens (tertiary/aromatic N) is 4. The molecule has 2 saturated heterocycles. The van der Waals surface area contributed by atoms with Crippen LogP contribution in [0.25, 0.3) is 10.4 Å². The van der Waals surface area contributed by atoms with Crippen LogP contribution < -0.4 is 5.32 Å². The third-order valence-corrected chi connectivity index (χ3v) is 6.90. The van der Waals surface area contributed by atoms with Gasteiger partial charge in [-0.3, -0.25) is 9.69 Å². The molecule has 29 heavy (non-hydrogen) atoms. The Balaban J connectivity index is 1.54. The van der Waals surface area contributed by atoms with Crippen LogP contribution in [0.4, 0.5) is 0 Å². The van der Waals surface area contributed by atoms with Gasteiger partial charge >= 0.3 is 0 Å². The molecule has 1 amide bonds. The van der Waals surface area contributed by atoms with Gasteiger partial charge in [-0.1, -0.05) is 62.4 Å². The van der Waals surface area contributed by atoms with Crippen molar-refractivity contribution in [2.75, 3.05) is 19.6 Å². The van der Waals surface area contributed by atoms with Crippen LogP contribution in [0.2, 0.25) is 0 Å². The highest BCUT2D eigenvalue weighted by Gasteiger charge is 2.44. The van der Waals surface area contributed by atoms with Crippen LogP contribution in [0.5, 0.6) is 0 Å². The first-order valence-corrected chi connectivity index (χ1v) is 10.2. The normalized spacial score (nSPS) is 29.5. The predicted octanol–water partition coefficient (Wildman–Crippen LogP) is 4.45. The summed E-state index contributed by atoms with van der Waals surface area (Å²) in [5.41, 5.74) is 11.5. The van der Waals surface area contributed by atoms with Crippen molar-refractivity contribution in [2.24, 2.45) is 11.0 Å². The van der Waals surface area contributed by atoms with Gasteiger partial charge in [0.25, 0.3) is 0 Å².